The van der Waals surface area contributed by atoms with E-state index < -0.39 is 0 Å². The Hall–Kier alpha value is -2.18. The quantitative estimate of drug-likeness (QED) is 0.850. The van der Waals surface area contributed by atoms with E-state index in [0.29, 0.717) is 18.0 Å². The van der Waals surface area contributed by atoms with Crippen molar-refractivity contribution >= 4 is 23.2 Å². The minimum atomic E-state index is -0.372. The topological polar surface area (TPSA) is 52.7 Å². The Morgan fingerprint density at radius 1 is 1.23 bits per heavy atom. The predicted octanol–water partition coefficient (Wildman–Crippen LogP) is 2.77. The van der Waals surface area contributed by atoms with E-state index in [2.05, 4.69) is 22.3 Å². The van der Waals surface area contributed by atoms with Gasteiger partial charge in [0.15, 0.2) is 0 Å². The summed E-state index contributed by atoms with van der Waals surface area (Å²) in [6.45, 7) is 1.16. The van der Waals surface area contributed by atoms with Crippen LogP contribution in [0.5, 0.6) is 0 Å². The number of carbonyl (C=O) groups excluding carboxylic acids is 2. The maximum Gasteiger partial charge on any atom is 0.264 e. The van der Waals surface area contributed by atoms with Crippen LogP contribution in [-0.2, 0) is 4.79 Å². The lowest BCUT2D eigenvalue weighted by atomic mass is 10.1. The van der Waals surface area contributed by atoms with Crippen LogP contribution < -0.4 is 5.32 Å². The SMILES string of the molecule is CN(C)[C@@H](CNC(=O)[C@H]1CCCN1C(=O)c1cccs1)c1ccccc1. The summed E-state index contributed by atoms with van der Waals surface area (Å²) in [5.41, 5.74) is 1.16. The smallest absolute Gasteiger partial charge is 0.264 e. The molecule has 0 radical (unpaired) electrons. The number of thiophene rings is 1. The molecule has 138 valence electrons. The number of amides is 2. The second kappa shape index (κ2) is 8.47. The van der Waals surface area contributed by atoms with Gasteiger partial charge in [-0.25, -0.2) is 0 Å². The van der Waals surface area contributed by atoms with Gasteiger partial charge in [0.1, 0.15) is 6.04 Å². The van der Waals surface area contributed by atoms with Crippen LogP contribution in [0.3, 0.4) is 0 Å². The van der Waals surface area contributed by atoms with E-state index in [0.717, 1.165) is 18.4 Å². The minimum Gasteiger partial charge on any atom is -0.352 e. The van der Waals surface area contributed by atoms with E-state index >= 15 is 0 Å². The Bertz CT molecular complexity index is 731. The summed E-state index contributed by atoms with van der Waals surface area (Å²) < 4.78 is 0. The van der Waals surface area contributed by atoms with E-state index in [1.807, 2.05) is 49.8 Å². The van der Waals surface area contributed by atoms with E-state index in [9.17, 15) is 9.59 Å². The molecule has 1 N–H and O–H groups in total. The van der Waals surface area contributed by atoms with Crippen molar-refractivity contribution in [1.29, 1.82) is 0 Å². The average Bonchev–Trinajstić information content (AvgIpc) is 3.33. The molecule has 1 aromatic heterocycles. The van der Waals surface area contributed by atoms with Gasteiger partial charge in [0.05, 0.1) is 10.9 Å². The molecule has 2 atom stereocenters. The van der Waals surface area contributed by atoms with Crippen molar-refractivity contribution in [3.05, 3.63) is 58.3 Å². The molecule has 0 spiro atoms. The van der Waals surface area contributed by atoms with Gasteiger partial charge in [-0.05, 0) is 43.9 Å². The van der Waals surface area contributed by atoms with E-state index in [4.69, 9.17) is 0 Å². The summed E-state index contributed by atoms with van der Waals surface area (Å²) in [5, 5.41) is 4.95. The zero-order chi connectivity index (χ0) is 18.5. The van der Waals surface area contributed by atoms with Crippen LogP contribution in [0.15, 0.2) is 47.8 Å². The van der Waals surface area contributed by atoms with Crippen molar-refractivity contribution in [2.45, 2.75) is 24.9 Å². The Kier molecular flexibility index (Phi) is 6.06. The monoisotopic (exact) mass is 371 g/mol. The molecule has 0 unspecified atom stereocenters. The lowest BCUT2D eigenvalue weighted by Crippen LogP contribution is -2.47. The van der Waals surface area contributed by atoms with E-state index in [1.165, 1.54) is 11.3 Å². The highest BCUT2D eigenvalue weighted by Crippen LogP contribution is 2.23. The lowest BCUT2D eigenvalue weighted by Gasteiger charge is -2.27. The van der Waals surface area contributed by atoms with Crippen molar-refractivity contribution in [3.63, 3.8) is 0 Å². The highest BCUT2D eigenvalue weighted by atomic mass is 32.1. The van der Waals surface area contributed by atoms with Gasteiger partial charge >= 0.3 is 0 Å². The summed E-state index contributed by atoms with van der Waals surface area (Å²) in [4.78, 5) is 29.9. The maximum atomic E-state index is 12.8. The Labute approximate surface area is 158 Å². The molecule has 1 aliphatic heterocycles. The summed E-state index contributed by atoms with van der Waals surface area (Å²) >= 11 is 1.42. The molecule has 2 amide bonds. The van der Waals surface area contributed by atoms with Gasteiger partial charge in [0.2, 0.25) is 5.91 Å². The standard InChI is InChI=1S/C20H25N3O2S/c1-22(2)17(15-8-4-3-5-9-15)14-21-19(24)16-10-6-12-23(16)20(25)18-11-7-13-26-18/h3-5,7-9,11,13,16-17H,6,10,12,14H2,1-2H3,(H,21,24)/t16-,17+/m1/s1. The number of likely N-dealkylation sites (tertiary alicyclic amines) is 1. The molecule has 0 aliphatic carbocycles. The molecule has 0 bridgehead atoms. The van der Waals surface area contributed by atoms with Crippen LogP contribution in [-0.4, -0.2) is 54.8 Å². The molecule has 6 heteroatoms. The maximum absolute atomic E-state index is 12.8. The van der Waals surface area contributed by atoms with E-state index in [-0.39, 0.29) is 23.9 Å². The fourth-order valence-corrected chi connectivity index (χ4v) is 4.09. The summed E-state index contributed by atoms with van der Waals surface area (Å²) in [6, 6.07) is 13.5. The fourth-order valence-electron chi connectivity index (χ4n) is 3.41. The van der Waals surface area contributed by atoms with Crippen LogP contribution in [0.25, 0.3) is 0 Å². The third kappa shape index (κ3) is 4.14. The number of hydrogen-bond donors (Lipinski definition) is 1. The van der Waals surface area contributed by atoms with E-state index in [1.54, 1.807) is 4.90 Å². The highest BCUT2D eigenvalue weighted by Gasteiger charge is 2.35. The number of likely N-dealkylation sites (N-methyl/N-ethyl adjacent to an activating group) is 1. The second-order valence-electron chi connectivity index (χ2n) is 6.77. The molecular weight excluding hydrogens is 346 g/mol. The number of carbonyl (C=O) groups is 2. The van der Waals surface area contributed by atoms with Gasteiger partial charge in [-0.3, -0.25) is 9.59 Å². The second-order valence-corrected chi connectivity index (χ2v) is 7.72. The first-order chi connectivity index (χ1) is 12.6. The van der Waals surface area contributed by atoms with Crippen molar-refractivity contribution < 1.29 is 9.59 Å². The largest absolute Gasteiger partial charge is 0.352 e. The summed E-state index contributed by atoms with van der Waals surface area (Å²) in [5.74, 6) is -0.0972. The van der Waals surface area contributed by atoms with Gasteiger partial charge in [-0.1, -0.05) is 36.4 Å². The van der Waals surface area contributed by atoms with Gasteiger partial charge < -0.3 is 15.1 Å². The first-order valence-corrected chi connectivity index (χ1v) is 9.79. The summed E-state index contributed by atoms with van der Waals surface area (Å²) in [6.07, 6.45) is 1.59. The molecule has 1 aromatic carbocycles. The molecule has 0 saturated carbocycles. The Balaban J connectivity index is 1.64. The Morgan fingerprint density at radius 2 is 2.00 bits per heavy atom. The predicted molar refractivity (Wildman–Crippen MR) is 104 cm³/mol. The molecule has 5 nitrogen and oxygen atoms in total. The normalized spacial score (nSPS) is 18.1. The number of benzene rings is 1. The first kappa shape index (κ1) is 18.6. The number of nitrogens with zero attached hydrogens (tertiary/aromatic N) is 2. The van der Waals surface area contributed by atoms with Gasteiger partial charge in [0, 0.05) is 13.1 Å². The minimum absolute atomic E-state index is 0.0372. The molecule has 1 saturated heterocycles. The van der Waals surface area contributed by atoms with Crippen molar-refractivity contribution in [2.75, 3.05) is 27.2 Å². The van der Waals surface area contributed by atoms with Crippen molar-refractivity contribution in [1.82, 2.24) is 15.1 Å². The Morgan fingerprint density at radius 3 is 2.65 bits per heavy atom. The van der Waals surface area contributed by atoms with Crippen LogP contribution in [0, 0.1) is 0 Å². The van der Waals surface area contributed by atoms with Gasteiger partial charge in [-0.15, -0.1) is 11.3 Å². The number of rotatable bonds is 6. The van der Waals surface area contributed by atoms with Crippen LogP contribution in [0.2, 0.25) is 0 Å². The van der Waals surface area contributed by atoms with Gasteiger partial charge in [0.25, 0.3) is 5.91 Å². The number of hydrogen-bond acceptors (Lipinski definition) is 4. The first-order valence-electron chi connectivity index (χ1n) is 8.91. The zero-order valence-electron chi connectivity index (χ0n) is 15.2. The fraction of sp³-hybridized carbons (Fsp3) is 0.400. The van der Waals surface area contributed by atoms with Crippen molar-refractivity contribution in [2.24, 2.45) is 0 Å². The van der Waals surface area contributed by atoms with Crippen LogP contribution in [0.1, 0.15) is 34.1 Å². The molecule has 26 heavy (non-hydrogen) atoms. The number of nitrogens with one attached hydrogen (secondary N) is 1. The molecule has 1 aliphatic rings. The highest BCUT2D eigenvalue weighted by molar-refractivity contribution is 7.12. The molecule has 1 fully saturated rings. The van der Waals surface area contributed by atoms with Crippen molar-refractivity contribution in [3.8, 4) is 0 Å². The third-order valence-electron chi connectivity index (χ3n) is 4.83. The molecule has 2 aromatic rings. The average molecular weight is 372 g/mol. The van der Waals surface area contributed by atoms with Crippen LogP contribution >= 0.6 is 11.3 Å². The van der Waals surface area contributed by atoms with Crippen LogP contribution in [0.4, 0.5) is 0 Å². The summed E-state index contributed by atoms with van der Waals surface area (Å²) in [7, 11) is 4.01. The molecular formula is C20H25N3O2S. The zero-order valence-corrected chi connectivity index (χ0v) is 16.0. The molecule has 3 rings (SSSR count). The lowest BCUT2D eigenvalue weighted by molar-refractivity contribution is -0.125. The molecule has 2 heterocycles. The van der Waals surface area contributed by atoms with Gasteiger partial charge in [-0.2, -0.15) is 0 Å². The third-order valence-corrected chi connectivity index (χ3v) is 5.68.